The molecule has 0 amide bonds. The topological polar surface area (TPSA) is 56.3 Å². The van der Waals surface area contributed by atoms with Crippen LogP contribution in [0.1, 0.15) is 18.4 Å². The van der Waals surface area contributed by atoms with Gasteiger partial charge in [-0.1, -0.05) is 0 Å². The summed E-state index contributed by atoms with van der Waals surface area (Å²) in [4.78, 5) is 16.2. The fourth-order valence-electron chi connectivity index (χ4n) is 2.95. The first kappa shape index (κ1) is 13.1. The van der Waals surface area contributed by atoms with Gasteiger partial charge in [-0.3, -0.25) is 9.69 Å². The Hall–Kier alpha value is -1.88. The van der Waals surface area contributed by atoms with E-state index in [1.54, 1.807) is 12.3 Å². The van der Waals surface area contributed by atoms with Crippen LogP contribution in [0, 0.1) is 11.7 Å². The van der Waals surface area contributed by atoms with Crippen molar-refractivity contribution >= 4 is 16.9 Å². The molecule has 20 heavy (non-hydrogen) atoms. The molecule has 0 unspecified atom stereocenters. The van der Waals surface area contributed by atoms with Gasteiger partial charge in [0.2, 0.25) is 0 Å². The van der Waals surface area contributed by atoms with Crippen molar-refractivity contribution in [2.45, 2.75) is 19.4 Å². The van der Waals surface area contributed by atoms with Crippen molar-refractivity contribution in [1.29, 1.82) is 0 Å². The molecule has 0 aliphatic carbocycles. The van der Waals surface area contributed by atoms with Crippen LogP contribution in [0.5, 0.6) is 0 Å². The van der Waals surface area contributed by atoms with E-state index in [-0.39, 0.29) is 11.7 Å². The van der Waals surface area contributed by atoms with Crippen molar-refractivity contribution < 1.29 is 14.3 Å². The Balaban J connectivity index is 1.84. The number of hydrogen-bond acceptors (Lipinski definition) is 2. The molecule has 2 aromatic rings. The number of hydrogen-bond donors (Lipinski definition) is 2. The number of H-pyrrole nitrogens is 1. The number of nitrogens with zero attached hydrogens (tertiary/aromatic N) is 1. The maximum atomic E-state index is 14.1. The Bertz CT molecular complexity index is 638. The summed E-state index contributed by atoms with van der Waals surface area (Å²) in [5.41, 5.74) is 1.56. The zero-order valence-corrected chi connectivity index (χ0v) is 11.1. The number of carboxylic acids is 1. The van der Waals surface area contributed by atoms with Gasteiger partial charge in [0.1, 0.15) is 5.82 Å². The van der Waals surface area contributed by atoms with E-state index in [2.05, 4.69) is 4.98 Å². The molecule has 2 N–H and O–H groups in total. The number of piperidine rings is 1. The maximum absolute atomic E-state index is 14.1. The number of likely N-dealkylation sites (tertiary alicyclic amines) is 1. The largest absolute Gasteiger partial charge is 0.481 e. The zero-order chi connectivity index (χ0) is 14.1. The summed E-state index contributed by atoms with van der Waals surface area (Å²) >= 11 is 0. The highest BCUT2D eigenvalue weighted by Crippen LogP contribution is 2.25. The van der Waals surface area contributed by atoms with Gasteiger partial charge >= 0.3 is 5.97 Å². The van der Waals surface area contributed by atoms with Crippen LogP contribution in [-0.2, 0) is 11.3 Å². The van der Waals surface area contributed by atoms with E-state index in [1.165, 1.54) is 6.07 Å². The first-order valence-electron chi connectivity index (χ1n) is 6.85. The van der Waals surface area contributed by atoms with Crippen molar-refractivity contribution in [3.05, 3.63) is 35.8 Å². The third-order valence-corrected chi connectivity index (χ3v) is 4.03. The van der Waals surface area contributed by atoms with Crippen LogP contribution in [0.25, 0.3) is 10.9 Å². The zero-order valence-electron chi connectivity index (χ0n) is 11.1. The molecular weight excluding hydrogens is 259 g/mol. The minimum atomic E-state index is -0.755. The average Bonchev–Trinajstić information content (AvgIpc) is 2.91. The first-order chi connectivity index (χ1) is 9.65. The number of halogens is 1. The van der Waals surface area contributed by atoms with Crippen LogP contribution in [-0.4, -0.2) is 34.0 Å². The predicted octanol–water partition coefficient (Wildman–Crippen LogP) is 2.60. The Kier molecular flexibility index (Phi) is 3.44. The molecule has 0 bridgehead atoms. The second-order valence-corrected chi connectivity index (χ2v) is 5.38. The van der Waals surface area contributed by atoms with E-state index >= 15 is 0 Å². The minimum Gasteiger partial charge on any atom is -0.481 e. The van der Waals surface area contributed by atoms with Crippen LogP contribution < -0.4 is 0 Å². The molecule has 0 spiro atoms. The number of carboxylic acid groups (broad SMARTS) is 1. The molecule has 1 atom stereocenters. The van der Waals surface area contributed by atoms with Crippen LogP contribution in [0.4, 0.5) is 4.39 Å². The molecule has 1 aliphatic heterocycles. The monoisotopic (exact) mass is 276 g/mol. The van der Waals surface area contributed by atoms with Gasteiger partial charge in [-0.2, -0.15) is 0 Å². The highest BCUT2D eigenvalue weighted by molar-refractivity contribution is 5.83. The van der Waals surface area contributed by atoms with Gasteiger partial charge in [-0.15, -0.1) is 0 Å². The predicted molar refractivity (Wildman–Crippen MR) is 73.9 cm³/mol. The molecule has 1 aliphatic rings. The molecule has 1 fully saturated rings. The number of aromatic nitrogens is 1. The van der Waals surface area contributed by atoms with Gasteiger partial charge in [0.15, 0.2) is 0 Å². The molecule has 3 rings (SSSR count). The van der Waals surface area contributed by atoms with Crippen LogP contribution >= 0.6 is 0 Å². The summed E-state index contributed by atoms with van der Waals surface area (Å²) in [7, 11) is 0. The van der Waals surface area contributed by atoms with E-state index in [0.29, 0.717) is 25.1 Å². The molecule has 4 nitrogen and oxygen atoms in total. The normalized spacial score (nSPS) is 20.4. The lowest BCUT2D eigenvalue weighted by molar-refractivity contribution is -0.143. The Labute approximate surface area is 116 Å². The molecule has 106 valence electrons. The Morgan fingerprint density at radius 2 is 2.30 bits per heavy atom. The molecule has 5 heteroatoms. The maximum Gasteiger partial charge on any atom is 0.307 e. The second kappa shape index (κ2) is 5.25. The summed E-state index contributed by atoms with van der Waals surface area (Å²) in [6, 6.07) is 5.06. The van der Waals surface area contributed by atoms with Crippen molar-refractivity contribution in [3.63, 3.8) is 0 Å². The van der Waals surface area contributed by atoms with Gasteiger partial charge in [0, 0.05) is 35.8 Å². The minimum absolute atomic E-state index is 0.227. The van der Waals surface area contributed by atoms with E-state index in [1.807, 2.05) is 11.0 Å². The van der Waals surface area contributed by atoms with Gasteiger partial charge in [-0.05, 0) is 37.6 Å². The smallest absolute Gasteiger partial charge is 0.307 e. The quantitative estimate of drug-likeness (QED) is 0.906. The van der Waals surface area contributed by atoms with E-state index in [0.717, 1.165) is 23.9 Å². The molecule has 2 heterocycles. The van der Waals surface area contributed by atoms with Crippen molar-refractivity contribution in [2.75, 3.05) is 13.1 Å². The summed E-state index contributed by atoms with van der Waals surface area (Å²) in [6.45, 7) is 1.78. The van der Waals surface area contributed by atoms with E-state index in [4.69, 9.17) is 5.11 Å². The van der Waals surface area contributed by atoms with Gasteiger partial charge in [0.25, 0.3) is 0 Å². The van der Waals surface area contributed by atoms with Gasteiger partial charge < -0.3 is 10.1 Å². The van der Waals surface area contributed by atoms with Gasteiger partial charge in [0.05, 0.1) is 5.92 Å². The Morgan fingerprint density at radius 1 is 1.45 bits per heavy atom. The number of carbonyl (C=O) groups is 1. The van der Waals surface area contributed by atoms with Crippen LogP contribution in [0.15, 0.2) is 24.4 Å². The number of rotatable bonds is 3. The summed E-state index contributed by atoms with van der Waals surface area (Å²) in [6.07, 6.45) is 3.36. The number of aliphatic carboxylic acids is 1. The molecule has 1 aromatic heterocycles. The lowest BCUT2D eigenvalue weighted by atomic mass is 9.97. The third kappa shape index (κ3) is 2.41. The first-order valence-corrected chi connectivity index (χ1v) is 6.85. The molecule has 0 saturated carbocycles. The van der Waals surface area contributed by atoms with Gasteiger partial charge in [-0.25, -0.2) is 4.39 Å². The lowest BCUT2D eigenvalue weighted by Crippen LogP contribution is -2.38. The number of benzene rings is 1. The molecule has 1 saturated heterocycles. The van der Waals surface area contributed by atoms with Crippen LogP contribution in [0.2, 0.25) is 0 Å². The van der Waals surface area contributed by atoms with E-state index in [9.17, 15) is 9.18 Å². The summed E-state index contributed by atoms with van der Waals surface area (Å²) in [5, 5.41) is 9.99. The average molecular weight is 276 g/mol. The fraction of sp³-hybridized carbons (Fsp3) is 0.400. The number of aromatic amines is 1. The van der Waals surface area contributed by atoms with Crippen molar-refractivity contribution in [3.8, 4) is 0 Å². The molecule has 0 radical (unpaired) electrons. The third-order valence-electron chi connectivity index (χ3n) is 4.03. The number of fused-ring (bicyclic) bond motifs is 1. The highest BCUT2D eigenvalue weighted by Gasteiger charge is 2.26. The lowest BCUT2D eigenvalue weighted by Gasteiger charge is -2.30. The number of nitrogens with one attached hydrogen (secondary N) is 1. The fourth-order valence-corrected chi connectivity index (χ4v) is 2.95. The summed E-state index contributed by atoms with van der Waals surface area (Å²) in [5.74, 6) is -1.32. The van der Waals surface area contributed by atoms with Crippen molar-refractivity contribution in [1.82, 2.24) is 9.88 Å². The highest BCUT2D eigenvalue weighted by atomic mass is 19.1. The Morgan fingerprint density at radius 3 is 3.10 bits per heavy atom. The SMILES string of the molecule is O=C(O)[C@H]1CCCN(Cc2c(F)ccc3[nH]ccc23)C1. The van der Waals surface area contributed by atoms with E-state index < -0.39 is 5.97 Å². The standard InChI is InChI=1S/C15H17FN2O2/c16-13-3-4-14-11(5-6-17-14)12(13)9-18-7-1-2-10(8-18)15(19)20/h3-6,10,17H,1-2,7-9H2,(H,19,20)/t10-/m0/s1. The van der Waals surface area contributed by atoms with Crippen LogP contribution in [0.3, 0.4) is 0 Å². The summed E-state index contributed by atoms with van der Waals surface area (Å²) < 4.78 is 14.1. The molecular formula is C15H17FN2O2. The molecule has 1 aromatic carbocycles. The van der Waals surface area contributed by atoms with Crippen molar-refractivity contribution in [2.24, 2.45) is 5.92 Å². The second-order valence-electron chi connectivity index (χ2n) is 5.38.